The molecular weight excluding hydrogens is 466 g/mol. The number of benzene rings is 3. The molecule has 1 amide bonds. The second kappa shape index (κ2) is 9.12. The molecule has 0 aliphatic carbocycles. The number of aliphatic hydroxyl groups is 1. The molecule has 0 aromatic heterocycles. The van der Waals surface area contributed by atoms with E-state index < -0.39 is 17.7 Å². The number of carbonyl (C=O) groups excluding carboxylic acids is 2. The van der Waals surface area contributed by atoms with Crippen molar-refractivity contribution in [2.75, 3.05) is 7.11 Å². The van der Waals surface area contributed by atoms with E-state index >= 15 is 0 Å². The predicted molar refractivity (Wildman–Crippen MR) is 133 cm³/mol. The van der Waals surface area contributed by atoms with E-state index in [0.29, 0.717) is 28.3 Å². The number of ketones is 1. The monoisotopic (exact) mass is 489 g/mol. The van der Waals surface area contributed by atoms with Crippen LogP contribution in [-0.2, 0) is 22.6 Å². The van der Waals surface area contributed by atoms with Crippen molar-refractivity contribution in [1.82, 2.24) is 4.90 Å². The Morgan fingerprint density at radius 3 is 2.49 bits per heavy atom. The van der Waals surface area contributed by atoms with Gasteiger partial charge in [-0.1, -0.05) is 35.9 Å². The fourth-order valence-corrected chi connectivity index (χ4v) is 4.81. The van der Waals surface area contributed by atoms with E-state index in [2.05, 4.69) is 0 Å². The van der Waals surface area contributed by atoms with Gasteiger partial charge in [0.25, 0.3) is 11.7 Å². The Labute approximate surface area is 208 Å². The minimum Gasteiger partial charge on any atom is -0.507 e. The summed E-state index contributed by atoms with van der Waals surface area (Å²) in [6, 6.07) is 18.8. The quantitative estimate of drug-likeness (QED) is 0.299. The van der Waals surface area contributed by atoms with Crippen LogP contribution in [0.15, 0.2) is 72.3 Å². The molecule has 35 heavy (non-hydrogen) atoms. The van der Waals surface area contributed by atoms with Gasteiger partial charge in [-0.25, -0.2) is 0 Å². The highest BCUT2D eigenvalue weighted by molar-refractivity contribution is 6.46. The maximum atomic E-state index is 13.3. The van der Waals surface area contributed by atoms with Crippen LogP contribution in [0.3, 0.4) is 0 Å². The number of likely N-dealkylation sites (tertiary alicyclic amines) is 1. The van der Waals surface area contributed by atoms with Crippen LogP contribution >= 0.6 is 11.6 Å². The molecule has 7 heteroatoms. The summed E-state index contributed by atoms with van der Waals surface area (Å²) in [5.74, 6) is -0.132. The molecule has 2 aliphatic rings. The highest BCUT2D eigenvalue weighted by atomic mass is 35.5. The normalized spacial score (nSPS) is 20.6. The van der Waals surface area contributed by atoms with Crippen LogP contribution < -0.4 is 9.47 Å². The molecular formula is C28H24ClNO5. The molecule has 2 unspecified atom stereocenters. The van der Waals surface area contributed by atoms with E-state index in [1.54, 1.807) is 55.6 Å². The van der Waals surface area contributed by atoms with Gasteiger partial charge in [-0.05, 0) is 66.1 Å². The number of carbonyl (C=O) groups is 2. The van der Waals surface area contributed by atoms with Crippen LogP contribution in [-0.4, -0.2) is 34.9 Å². The highest BCUT2D eigenvalue weighted by Crippen LogP contribution is 2.41. The van der Waals surface area contributed by atoms with Crippen molar-refractivity contribution in [3.63, 3.8) is 0 Å². The highest BCUT2D eigenvalue weighted by Gasteiger charge is 2.46. The summed E-state index contributed by atoms with van der Waals surface area (Å²) in [5.41, 5.74) is 3.00. The summed E-state index contributed by atoms with van der Waals surface area (Å²) in [7, 11) is 1.58. The van der Waals surface area contributed by atoms with Gasteiger partial charge in [-0.3, -0.25) is 9.59 Å². The summed E-state index contributed by atoms with van der Waals surface area (Å²) in [6.45, 7) is 2.17. The lowest BCUT2D eigenvalue weighted by molar-refractivity contribution is -0.140. The van der Waals surface area contributed by atoms with Crippen molar-refractivity contribution < 1.29 is 24.2 Å². The Hall–Kier alpha value is -3.77. The Bertz CT molecular complexity index is 1330. The molecule has 6 nitrogen and oxygen atoms in total. The van der Waals surface area contributed by atoms with E-state index in [0.717, 1.165) is 16.9 Å². The van der Waals surface area contributed by atoms with Crippen LogP contribution in [0.1, 0.15) is 35.2 Å². The molecule has 1 saturated heterocycles. The molecule has 3 aromatic carbocycles. The first-order valence-corrected chi connectivity index (χ1v) is 11.7. The van der Waals surface area contributed by atoms with Crippen molar-refractivity contribution in [2.45, 2.75) is 32.0 Å². The van der Waals surface area contributed by atoms with Crippen LogP contribution in [0, 0.1) is 0 Å². The molecule has 0 bridgehead atoms. The summed E-state index contributed by atoms with van der Waals surface area (Å²) < 4.78 is 11.0. The van der Waals surface area contributed by atoms with Crippen molar-refractivity contribution in [1.29, 1.82) is 0 Å². The number of amides is 1. The number of fused-ring (bicyclic) bond motifs is 1. The van der Waals surface area contributed by atoms with Gasteiger partial charge in [0.1, 0.15) is 23.4 Å². The van der Waals surface area contributed by atoms with Gasteiger partial charge in [0.15, 0.2) is 0 Å². The van der Waals surface area contributed by atoms with Crippen molar-refractivity contribution in [3.05, 3.63) is 99.6 Å². The second-order valence-electron chi connectivity index (χ2n) is 8.78. The third kappa shape index (κ3) is 4.26. The molecule has 1 fully saturated rings. The molecule has 3 aromatic rings. The Morgan fingerprint density at radius 2 is 1.80 bits per heavy atom. The lowest BCUT2D eigenvalue weighted by Crippen LogP contribution is -2.29. The molecule has 5 rings (SSSR count). The van der Waals surface area contributed by atoms with E-state index in [1.165, 1.54) is 4.90 Å². The lowest BCUT2D eigenvalue weighted by Gasteiger charge is -2.25. The van der Waals surface area contributed by atoms with Gasteiger partial charge in [0.2, 0.25) is 0 Å². The first-order valence-electron chi connectivity index (χ1n) is 11.3. The van der Waals surface area contributed by atoms with Gasteiger partial charge < -0.3 is 19.5 Å². The third-order valence-electron chi connectivity index (χ3n) is 6.41. The Balaban J connectivity index is 1.60. The van der Waals surface area contributed by atoms with Gasteiger partial charge >= 0.3 is 0 Å². The molecule has 0 radical (unpaired) electrons. The maximum absolute atomic E-state index is 13.3. The number of halogens is 1. The van der Waals surface area contributed by atoms with Crippen molar-refractivity contribution in [2.24, 2.45) is 0 Å². The number of aliphatic hydroxyl groups excluding tert-OH is 1. The molecule has 2 heterocycles. The van der Waals surface area contributed by atoms with E-state index in [-0.39, 0.29) is 24.0 Å². The van der Waals surface area contributed by atoms with Gasteiger partial charge in [-0.2, -0.15) is 0 Å². The average molecular weight is 490 g/mol. The smallest absolute Gasteiger partial charge is 0.295 e. The number of methoxy groups -OCH3 is 1. The number of Topliss-reactive ketones (excluding diaryl/α,β-unsaturated/α-hetero) is 1. The molecule has 2 aliphatic heterocycles. The standard InChI is InChI=1S/C28H24ClNO5/c1-16-13-20-14-19(7-12-23(20)35-16)26(31)24-25(18-5-8-21(29)9-6-18)30(28(33)27(24)32)15-17-3-10-22(34-2)11-4-17/h3-12,14,16,25,31H,13,15H2,1-2H3/b26-24-. The summed E-state index contributed by atoms with van der Waals surface area (Å²) in [5, 5.41) is 11.9. The number of rotatable bonds is 5. The van der Waals surface area contributed by atoms with Gasteiger partial charge in [0.05, 0.1) is 18.7 Å². The average Bonchev–Trinajstić information content (AvgIpc) is 3.35. The molecule has 1 N–H and O–H groups in total. The topological polar surface area (TPSA) is 76.1 Å². The molecule has 0 spiro atoms. The van der Waals surface area contributed by atoms with Gasteiger partial charge in [0, 0.05) is 23.6 Å². The Kier molecular flexibility index (Phi) is 5.99. The summed E-state index contributed by atoms with van der Waals surface area (Å²) >= 11 is 6.10. The van der Waals surface area contributed by atoms with E-state index in [9.17, 15) is 14.7 Å². The minimum atomic E-state index is -0.766. The third-order valence-corrected chi connectivity index (χ3v) is 6.66. The zero-order chi connectivity index (χ0) is 24.7. The number of hydrogen-bond acceptors (Lipinski definition) is 5. The van der Waals surface area contributed by atoms with Gasteiger partial charge in [-0.15, -0.1) is 0 Å². The first-order chi connectivity index (χ1) is 16.9. The SMILES string of the molecule is COc1ccc(CN2C(=O)C(=O)/C(=C(\O)c3ccc4c(c3)CC(C)O4)C2c2ccc(Cl)cc2)cc1. The fourth-order valence-electron chi connectivity index (χ4n) is 4.69. The van der Waals surface area contributed by atoms with Crippen molar-refractivity contribution in [3.8, 4) is 11.5 Å². The van der Waals surface area contributed by atoms with E-state index in [4.69, 9.17) is 21.1 Å². The summed E-state index contributed by atoms with van der Waals surface area (Å²) in [6.07, 6.45) is 0.759. The summed E-state index contributed by atoms with van der Waals surface area (Å²) in [4.78, 5) is 28.0. The largest absolute Gasteiger partial charge is 0.507 e. The van der Waals surface area contributed by atoms with Crippen LogP contribution in [0.4, 0.5) is 0 Å². The Morgan fingerprint density at radius 1 is 1.09 bits per heavy atom. The molecule has 0 saturated carbocycles. The number of nitrogens with zero attached hydrogens (tertiary/aromatic N) is 1. The minimum absolute atomic E-state index is 0.0477. The van der Waals surface area contributed by atoms with Crippen LogP contribution in [0.25, 0.3) is 5.76 Å². The van der Waals surface area contributed by atoms with Crippen LogP contribution in [0.2, 0.25) is 5.02 Å². The number of ether oxygens (including phenoxy) is 2. The fraction of sp³-hybridized carbons (Fsp3) is 0.214. The first kappa shape index (κ1) is 23.0. The molecule has 178 valence electrons. The predicted octanol–water partition coefficient (Wildman–Crippen LogP) is 5.29. The van der Waals surface area contributed by atoms with Crippen LogP contribution in [0.5, 0.6) is 11.5 Å². The van der Waals surface area contributed by atoms with Crippen molar-refractivity contribution >= 4 is 29.1 Å². The maximum Gasteiger partial charge on any atom is 0.295 e. The van der Waals surface area contributed by atoms with E-state index in [1.807, 2.05) is 25.1 Å². The zero-order valence-corrected chi connectivity index (χ0v) is 20.1. The number of hydrogen-bond donors (Lipinski definition) is 1. The zero-order valence-electron chi connectivity index (χ0n) is 19.3. The molecule has 2 atom stereocenters. The lowest BCUT2D eigenvalue weighted by atomic mass is 9.94. The second-order valence-corrected chi connectivity index (χ2v) is 9.22.